The molecule has 0 saturated carbocycles. The third kappa shape index (κ3) is 15.4. The number of nitrogens with one attached hydrogen (secondary N) is 3. The van der Waals surface area contributed by atoms with E-state index in [1.54, 1.807) is 31.2 Å². The zero-order valence-corrected chi connectivity index (χ0v) is 22.1. The Morgan fingerprint density at radius 2 is 1.57 bits per heavy atom. The average Bonchev–Trinajstić information content (AvgIpc) is 2.88. The molecule has 0 aliphatic heterocycles. The van der Waals surface area contributed by atoms with Crippen molar-refractivity contribution in [1.82, 2.24) is 10.6 Å². The Balaban J connectivity index is 0.000000997. The molecule has 11 nitrogen and oxygen atoms in total. The summed E-state index contributed by atoms with van der Waals surface area (Å²) in [5, 5.41) is 10.4. The van der Waals surface area contributed by atoms with E-state index >= 15 is 0 Å². The minimum absolute atomic E-state index is 0.0201. The van der Waals surface area contributed by atoms with Crippen molar-refractivity contribution < 1.29 is 28.7 Å². The number of benzene rings is 2. The maximum Gasteiger partial charge on any atom is 0.514 e. The topological polar surface area (TPSA) is 152 Å². The molecule has 0 bridgehead atoms. The van der Waals surface area contributed by atoms with Gasteiger partial charge in [-0.25, -0.2) is 4.79 Å². The first-order chi connectivity index (χ1) is 17.6. The number of nitrogens with zero attached hydrogens (tertiary/aromatic N) is 1. The highest BCUT2D eigenvalue weighted by molar-refractivity contribution is 5.93. The fourth-order valence-corrected chi connectivity index (χ4v) is 2.35. The standard InChI is InChI=1S/C17H15N3O6.C7H15NO.C2H6/c21-11-18-9-16(22)19-13-3-1-12(2-4-13)10-25-17(23)26-15-7-5-14(20-24)6-8-15;1-5(2)6(3)8-7(4)9;1-2/h1-8,11H,9-10H2,(H,18,21)(H,19,22);5-6H,1-4H3,(H,8,9);1-2H3. The van der Waals surface area contributed by atoms with Crippen molar-refractivity contribution in [2.75, 3.05) is 11.9 Å². The van der Waals surface area contributed by atoms with Gasteiger partial charge in [-0.2, -0.15) is 0 Å². The van der Waals surface area contributed by atoms with E-state index in [2.05, 4.69) is 35.0 Å². The summed E-state index contributed by atoms with van der Waals surface area (Å²) in [7, 11) is 0. The minimum atomic E-state index is -0.894. The van der Waals surface area contributed by atoms with Crippen molar-refractivity contribution in [3.8, 4) is 5.75 Å². The van der Waals surface area contributed by atoms with Crippen molar-refractivity contribution in [1.29, 1.82) is 0 Å². The first kappa shape index (κ1) is 32.7. The molecule has 37 heavy (non-hydrogen) atoms. The Bertz CT molecular complexity index is 977. The molecule has 2 rings (SSSR count). The molecule has 3 N–H and O–H groups in total. The summed E-state index contributed by atoms with van der Waals surface area (Å²) in [6.07, 6.45) is -0.457. The van der Waals surface area contributed by atoms with Crippen LogP contribution in [0.25, 0.3) is 0 Å². The van der Waals surface area contributed by atoms with Crippen molar-refractivity contribution in [2.24, 2.45) is 11.1 Å². The molecule has 1 unspecified atom stereocenters. The van der Waals surface area contributed by atoms with Gasteiger partial charge in [-0.3, -0.25) is 14.4 Å². The average molecular weight is 517 g/mol. The highest BCUT2D eigenvalue weighted by atomic mass is 16.7. The number of anilines is 1. The van der Waals surface area contributed by atoms with Crippen LogP contribution < -0.4 is 20.7 Å². The molecule has 0 radical (unpaired) electrons. The lowest BCUT2D eigenvalue weighted by atomic mass is 10.1. The lowest BCUT2D eigenvalue weighted by Crippen LogP contribution is -2.34. The highest BCUT2D eigenvalue weighted by Gasteiger charge is 2.08. The molecule has 0 aliphatic rings. The van der Waals surface area contributed by atoms with Crippen LogP contribution in [0.1, 0.15) is 47.1 Å². The first-order valence-corrected chi connectivity index (χ1v) is 11.8. The summed E-state index contributed by atoms with van der Waals surface area (Å²) in [4.78, 5) is 53.9. The van der Waals surface area contributed by atoms with Gasteiger partial charge in [-0.05, 0) is 60.0 Å². The Morgan fingerprint density at radius 3 is 2.03 bits per heavy atom. The maximum absolute atomic E-state index is 11.6. The van der Waals surface area contributed by atoms with Crippen molar-refractivity contribution in [3.63, 3.8) is 0 Å². The lowest BCUT2D eigenvalue weighted by Gasteiger charge is -2.15. The summed E-state index contributed by atoms with van der Waals surface area (Å²) in [6, 6.07) is 12.6. The lowest BCUT2D eigenvalue weighted by molar-refractivity contribution is -0.119. The van der Waals surface area contributed by atoms with E-state index in [4.69, 9.17) is 9.47 Å². The molecule has 202 valence electrons. The predicted octanol–water partition coefficient (Wildman–Crippen LogP) is 4.68. The fraction of sp³-hybridized carbons (Fsp3) is 0.385. The molecular weight excluding hydrogens is 480 g/mol. The molecule has 2 aromatic rings. The molecule has 0 saturated heterocycles. The SMILES string of the molecule is CC.CC(=O)NC(C)C(C)C.O=CNCC(=O)Nc1ccc(COC(=O)Oc2ccc(N=O)cc2)cc1. The summed E-state index contributed by atoms with van der Waals surface area (Å²) in [5.74, 6) is 0.440. The Kier molecular flexibility index (Phi) is 16.8. The molecular formula is C26H36N4O7. The van der Waals surface area contributed by atoms with Gasteiger partial charge in [-0.15, -0.1) is 4.91 Å². The maximum atomic E-state index is 11.6. The van der Waals surface area contributed by atoms with E-state index in [1.807, 2.05) is 20.8 Å². The van der Waals surface area contributed by atoms with Crippen molar-refractivity contribution in [2.45, 2.75) is 54.2 Å². The number of carbonyl (C=O) groups excluding carboxylic acids is 4. The van der Waals surface area contributed by atoms with Crippen LogP contribution in [0.2, 0.25) is 0 Å². The fourth-order valence-electron chi connectivity index (χ4n) is 2.35. The second-order valence-electron chi connectivity index (χ2n) is 7.70. The molecule has 0 fully saturated rings. The molecule has 0 heterocycles. The van der Waals surface area contributed by atoms with Crippen LogP contribution in [-0.4, -0.2) is 37.0 Å². The van der Waals surface area contributed by atoms with Gasteiger partial charge in [0, 0.05) is 18.7 Å². The number of hydrogen-bond acceptors (Lipinski definition) is 8. The van der Waals surface area contributed by atoms with Gasteiger partial charge >= 0.3 is 6.16 Å². The van der Waals surface area contributed by atoms with E-state index in [0.29, 0.717) is 29.6 Å². The van der Waals surface area contributed by atoms with Crippen LogP contribution in [0.15, 0.2) is 53.7 Å². The van der Waals surface area contributed by atoms with Gasteiger partial charge < -0.3 is 25.4 Å². The van der Waals surface area contributed by atoms with Crippen LogP contribution in [-0.2, 0) is 25.7 Å². The van der Waals surface area contributed by atoms with E-state index in [1.165, 1.54) is 24.3 Å². The highest BCUT2D eigenvalue weighted by Crippen LogP contribution is 2.18. The molecule has 0 aliphatic carbocycles. The van der Waals surface area contributed by atoms with Gasteiger partial charge in [0.25, 0.3) is 0 Å². The summed E-state index contributed by atoms with van der Waals surface area (Å²) < 4.78 is 9.93. The second kappa shape index (κ2) is 19.0. The zero-order chi connectivity index (χ0) is 28.2. The molecule has 1 atom stereocenters. The minimum Gasteiger partial charge on any atom is -0.429 e. The van der Waals surface area contributed by atoms with E-state index < -0.39 is 6.16 Å². The largest absolute Gasteiger partial charge is 0.514 e. The van der Waals surface area contributed by atoms with Crippen LogP contribution in [0.3, 0.4) is 0 Å². The summed E-state index contributed by atoms with van der Waals surface area (Å²) >= 11 is 0. The van der Waals surface area contributed by atoms with Gasteiger partial charge in [-0.1, -0.05) is 39.8 Å². The monoisotopic (exact) mass is 516 g/mol. The molecule has 3 amide bonds. The molecule has 0 spiro atoms. The van der Waals surface area contributed by atoms with Crippen molar-refractivity contribution in [3.05, 3.63) is 59.0 Å². The summed E-state index contributed by atoms with van der Waals surface area (Å²) in [5.41, 5.74) is 1.45. The second-order valence-corrected chi connectivity index (χ2v) is 7.70. The third-order valence-electron chi connectivity index (χ3n) is 4.51. The van der Waals surface area contributed by atoms with Gasteiger partial charge in [0.2, 0.25) is 18.2 Å². The molecule has 2 aromatic carbocycles. The first-order valence-electron chi connectivity index (χ1n) is 11.8. The zero-order valence-electron chi connectivity index (χ0n) is 22.1. The van der Waals surface area contributed by atoms with Gasteiger partial charge in [0.05, 0.1) is 6.54 Å². The van der Waals surface area contributed by atoms with Crippen LogP contribution in [0.5, 0.6) is 5.75 Å². The normalized spacial score (nSPS) is 10.2. The smallest absolute Gasteiger partial charge is 0.429 e. The number of rotatable bonds is 10. The number of hydrogen-bond donors (Lipinski definition) is 3. The Morgan fingerprint density at radius 1 is 0.973 bits per heavy atom. The number of carbonyl (C=O) groups is 4. The molecule has 11 heteroatoms. The van der Waals surface area contributed by atoms with Crippen molar-refractivity contribution >= 4 is 35.8 Å². The van der Waals surface area contributed by atoms with E-state index in [9.17, 15) is 24.1 Å². The Labute approximate surface area is 217 Å². The summed E-state index contributed by atoms with van der Waals surface area (Å²) in [6.45, 7) is 11.6. The van der Waals surface area contributed by atoms with Gasteiger partial charge in [0.15, 0.2) is 0 Å². The number of ether oxygens (including phenoxy) is 2. The van der Waals surface area contributed by atoms with E-state index in [-0.39, 0.29) is 36.4 Å². The number of amides is 3. The number of nitroso groups, excluding NO2 is 1. The van der Waals surface area contributed by atoms with Gasteiger partial charge in [0.1, 0.15) is 18.0 Å². The Hall–Kier alpha value is -4.28. The van der Waals surface area contributed by atoms with E-state index in [0.717, 1.165) is 0 Å². The van der Waals surface area contributed by atoms with Crippen LogP contribution in [0, 0.1) is 10.8 Å². The quantitative estimate of drug-likeness (QED) is 0.179. The molecule has 0 aromatic heterocycles. The van der Waals surface area contributed by atoms with Crippen LogP contribution in [0.4, 0.5) is 16.2 Å². The predicted molar refractivity (Wildman–Crippen MR) is 141 cm³/mol. The van der Waals surface area contributed by atoms with Crippen LogP contribution >= 0.6 is 0 Å². The third-order valence-corrected chi connectivity index (χ3v) is 4.51.